The first-order valence-corrected chi connectivity index (χ1v) is 12.3. The fourth-order valence-electron chi connectivity index (χ4n) is 5.47. The first kappa shape index (κ1) is 22.1. The van der Waals surface area contributed by atoms with Crippen molar-refractivity contribution >= 4 is 0 Å². The van der Waals surface area contributed by atoms with E-state index in [0.717, 1.165) is 26.3 Å². The minimum absolute atomic E-state index is 0.337. The first-order chi connectivity index (χ1) is 15.8. The number of piperazine rings is 2. The van der Waals surface area contributed by atoms with Crippen molar-refractivity contribution in [1.29, 1.82) is 0 Å². The number of hydrogen-bond donors (Lipinski definition) is 0. The largest absolute Gasteiger partial charge is 0.380 e. The molecule has 172 valence electrons. The number of nitrogens with zero attached hydrogens (tertiary/aromatic N) is 4. The van der Waals surface area contributed by atoms with Gasteiger partial charge in [0.15, 0.2) is 0 Å². The van der Waals surface area contributed by atoms with E-state index in [0.29, 0.717) is 5.41 Å². The Labute approximate surface area is 193 Å². The number of hydrogen-bond acceptors (Lipinski definition) is 5. The van der Waals surface area contributed by atoms with Gasteiger partial charge in [0.1, 0.15) is 0 Å². The summed E-state index contributed by atoms with van der Waals surface area (Å²) >= 11 is 0. The van der Waals surface area contributed by atoms with E-state index in [1.165, 1.54) is 76.6 Å². The van der Waals surface area contributed by atoms with Gasteiger partial charge in [0.2, 0.25) is 0 Å². The Morgan fingerprint density at radius 3 is 1.25 bits per heavy atom. The van der Waals surface area contributed by atoms with Crippen molar-refractivity contribution in [2.75, 3.05) is 78.7 Å². The van der Waals surface area contributed by atoms with E-state index in [1.54, 1.807) is 0 Å². The highest BCUT2D eigenvalue weighted by atomic mass is 16.5. The maximum Gasteiger partial charge on any atom is 0.0569 e. The number of rotatable bonds is 8. The Morgan fingerprint density at radius 1 is 0.531 bits per heavy atom. The lowest BCUT2D eigenvalue weighted by atomic mass is 9.84. The zero-order valence-electron chi connectivity index (χ0n) is 19.4. The van der Waals surface area contributed by atoms with Crippen LogP contribution in [0, 0.1) is 5.41 Å². The van der Waals surface area contributed by atoms with Crippen LogP contribution in [0.25, 0.3) is 0 Å². The van der Waals surface area contributed by atoms with Crippen LogP contribution in [-0.2, 0) is 17.8 Å². The van der Waals surface area contributed by atoms with Gasteiger partial charge in [0.05, 0.1) is 13.2 Å². The molecule has 3 saturated heterocycles. The Kier molecular flexibility index (Phi) is 7.20. The molecule has 0 unspecified atom stereocenters. The van der Waals surface area contributed by atoms with Gasteiger partial charge in [-0.15, -0.1) is 0 Å². The predicted octanol–water partition coefficient (Wildman–Crippen LogP) is 2.64. The highest BCUT2D eigenvalue weighted by Gasteiger charge is 2.42. The van der Waals surface area contributed by atoms with Gasteiger partial charge in [-0.05, 0) is 11.1 Å². The SMILES string of the molecule is c1ccc(CN2CCN(CC3(CN4CCN(Cc5ccccc5)CC4)COC3)CC2)cc1. The molecule has 0 N–H and O–H groups in total. The summed E-state index contributed by atoms with van der Waals surface area (Å²) in [5.41, 5.74) is 3.19. The highest BCUT2D eigenvalue weighted by Crippen LogP contribution is 2.31. The van der Waals surface area contributed by atoms with Gasteiger partial charge in [0, 0.05) is 84.0 Å². The van der Waals surface area contributed by atoms with E-state index in [9.17, 15) is 0 Å². The normalized spacial score (nSPS) is 23.1. The molecule has 3 heterocycles. The van der Waals surface area contributed by atoms with Crippen LogP contribution in [0.4, 0.5) is 0 Å². The zero-order chi connectivity index (χ0) is 21.6. The lowest BCUT2D eigenvalue weighted by Gasteiger charge is -2.49. The molecule has 0 amide bonds. The smallest absolute Gasteiger partial charge is 0.0569 e. The molecule has 0 spiro atoms. The van der Waals surface area contributed by atoms with Crippen LogP contribution in [0.15, 0.2) is 60.7 Å². The Hall–Kier alpha value is -1.76. The molecule has 3 aliphatic heterocycles. The molecule has 0 radical (unpaired) electrons. The van der Waals surface area contributed by atoms with Crippen LogP contribution >= 0.6 is 0 Å². The fourth-order valence-corrected chi connectivity index (χ4v) is 5.47. The second-order valence-electron chi connectivity index (χ2n) is 10.1. The van der Waals surface area contributed by atoms with Gasteiger partial charge in [0.25, 0.3) is 0 Å². The summed E-state index contributed by atoms with van der Waals surface area (Å²) in [5.74, 6) is 0. The Bertz CT molecular complexity index is 745. The van der Waals surface area contributed by atoms with Gasteiger partial charge < -0.3 is 14.5 Å². The zero-order valence-corrected chi connectivity index (χ0v) is 19.4. The van der Waals surface area contributed by atoms with Crippen molar-refractivity contribution in [3.8, 4) is 0 Å². The van der Waals surface area contributed by atoms with E-state index in [4.69, 9.17) is 4.74 Å². The molecule has 2 aromatic rings. The van der Waals surface area contributed by atoms with E-state index in [-0.39, 0.29) is 0 Å². The molecular formula is C27H38N4O. The van der Waals surface area contributed by atoms with Crippen LogP contribution < -0.4 is 0 Å². The Morgan fingerprint density at radius 2 is 0.906 bits per heavy atom. The third-order valence-electron chi connectivity index (χ3n) is 7.36. The summed E-state index contributed by atoms with van der Waals surface area (Å²) in [7, 11) is 0. The quantitative estimate of drug-likeness (QED) is 0.635. The predicted molar refractivity (Wildman–Crippen MR) is 130 cm³/mol. The van der Waals surface area contributed by atoms with E-state index >= 15 is 0 Å². The average Bonchev–Trinajstić information content (AvgIpc) is 2.81. The summed E-state index contributed by atoms with van der Waals surface area (Å²) in [6.07, 6.45) is 0. The average molecular weight is 435 g/mol. The molecule has 0 atom stereocenters. The Balaban J connectivity index is 1.05. The highest BCUT2D eigenvalue weighted by molar-refractivity contribution is 5.15. The van der Waals surface area contributed by atoms with Gasteiger partial charge in [-0.3, -0.25) is 9.80 Å². The van der Waals surface area contributed by atoms with Crippen LogP contribution in [0.1, 0.15) is 11.1 Å². The molecule has 2 aromatic carbocycles. The molecule has 3 fully saturated rings. The van der Waals surface area contributed by atoms with Gasteiger partial charge >= 0.3 is 0 Å². The van der Waals surface area contributed by atoms with Gasteiger partial charge in [-0.2, -0.15) is 0 Å². The van der Waals surface area contributed by atoms with Crippen molar-refractivity contribution < 1.29 is 4.74 Å². The van der Waals surface area contributed by atoms with Crippen LogP contribution in [0.5, 0.6) is 0 Å². The molecule has 3 aliphatic rings. The van der Waals surface area contributed by atoms with Gasteiger partial charge in [-0.25, -0.2) is 0 Å². The second kappa shape index (κ2) is 10.4. The van der Waals surface area contributed by atoms with Crippen molar-refractivity contribution in [1.82, 2.24) is 19.6 Å². The van der Waals surface area contributed by atoms with Crippen LogP contribution in [-0.4, -0.2) is 98.3 Å². The molecule has 32 heavy (non-hydrogen) atoms. The fraction of sp³-hybridized carbons (Fsp3) is 0.556. The van der Waals surface area contributed by atoms with Crippen molar-refractivity contribution in [3.05, 3.63) is 71.8 Å². The van der Waals surface area contributed by atoms with Gasteiger partial charge in [-0.1, -0.05) is 60.7 Å². The summed E-state index contributed by atoms with van der Waals surface area (Å²) in [6.45, 7) is 15.8. The van der Waals surface area contributed by atoms with Crippen molar-refractivity contribution in [2.45, 2.75) is 13.1 Å². The topological polar surface area (TPSA) is 22.2 Å². The lowest BCUT2D eigenvalue weighted by molar-refractivity contribution is -0.143. The molecular weight excluding hydrogens is 396 g/mol. The summed E-state index contributed by atoms with van der Waals surface area (Å²) in [5, 5.41) is 0. The maximum atomic E-state index is 5.75. The van der Waals surface area contributed by atoms with E-state index < -0.39 is 0 Å². The number of benzene rings is 2. The monoisotopic (exact) mass is 434 g/mol. The lowest BCUT2D eigenvalue weighted by Crippen LogP contribution is -2.60. The number of ether oxygens (including phenoxy) is 1. The van der Waals surface area contributed by atoms with E-state index in [1.807, 2.05) is 0 Å². The summed E-state index contributed by atoms with van der Waals surface area (Å²) in [6, 6.07) is 21.8. The standard InChI is InChI=1S/C27H38N4O/c1-3-7-25(8-4-1)19-28-11-15-30(16-12-28)21-27(23-32-24-27)22-31-17-13-29(14-18-31)20-26-9-5-2-6-10-26/h1-10H,11-24H2. The minimum atomic E-state index is 0.337. The molecule has 0 aliphatic carbocycles. The third kappa shape index (κ3) is 5.77. The second-order valence-corrected chi connectivity index (χ2v) is 10.1. The summed E-state index contributed by atoms with van der Waals surface area (Å²) in [4.78, 5) is 10.6. The molecule has 0 bridgehead atoms. The molecule has 0 aromatic heterocycles. The molecule has 0 saturated carbocycles. The molecule has 5 heteroatoms. The van der Waals surface area contributed by atoms with E-state index in [2.05, 4.69) is 80.3 Å². The molecule has 5 nitrogen and oxygen atoms in total. The molecule has 5 rings (SSSR count). The summed E-state index contributed by atoms with van der Waals surface area (Å²) < 4.78 is 5.75. The van der Waals surface area contributed by atoms with Crippen LogP contribution in [0.2, 0.25) is 0 Å². The third-order valence-corrected chi connectivity index (χ3v) is 7.36. The van der Waals surface area contributed by atoms with Crippen molar-refractivity contribution in [3.63, 3.8) is 0 Å². The van der Waals surface area contributed by atoms with Crippen molar-refractivity contribution in [2.24, 2.45) is 5.41 Å². The first-order valence-electron chi connectivity index (χ1n) is 12.3. The van der Waals surface area contributed by atoms with Crippen LogP contribution in [0.3, 0.4) is 0 Å². The minimum Gasteiger partial charge on any atom is -0.380 e. The maximum absolute atomic E-state index is 5.75.